The van der Waals surface area contributed by atoms with E-state index in [9.17, 15) is 9.18 Å². The molecule has 0 aromatic carbocycles. The summed E-state index contributed by atoms with van der Waals surface area (Å²) in [6.45, 7) is 0.650. The van der Waals surface area contributed by atoms with Gasteiger partial charge in [0.25, 0.3) is 5.91 Å². The van der Waals surface area contributed by atoms with Crippen molar-refractivity contribution in [3.63, 3.8) is 0 Å². The predicted octanol–water partition coefficient (Wildman–Crippen LogP) is 2.24. The Morgan fingerprint density at radius 1 is 1.65 bits per heavy atom. The number of carbonyl (C=O) groups is 1. The van der Waals surface area contributed by atoms with Crippen molar-refractivity contribution >= 4 is 17.7 Å². The van der Waals surface area contributed by atoms with Crippen molar-refractivity contribution in [2.24, 2.45) is 0 Å². The van der Waals surface area contributed by atoms with Crippen molar-refractivity contribution in [3.8, 4) is 0 Å². The van der Waals surface area contributed by atoms with Gasteiger partial charge < -0.3 is 5.32 Å². The lowest BCUT2D eigenvalue weighted by atomic mass is 9.84. The summed E-state index contributed by atoms with van der Waals surface area (Å²) < 4.78 is 13.0. The van der Waals surface area contributed by atoms with Gasteiger partial charge in [-0.2, -0.15) is 16.2 Å². The van der Waals surface area contributed by atoms with Gasteiger partial charge in [-0.05, 0) is 25.2 Å². The summed E-state index contributed by atoms with van der Waals surface area (Å²) in [6.07, 6.45) is 6.87. The normalized spacial score (nSPS) is 17.3. The fraction of sp³-hybridized carbons (Fsp3) is 0.500. The Labute approximate surface area is 104 Å². The van der Waals surface area contributed by atoms with Gasteiger partial charge in [0, 0.05) is 29.1 Å². The molecule has 17 heavy (non-hydrogen) atoms. The molecule has 0 aliphatic heterocycles. The van der Waals surface area contributed by atoms with E-state index in [1.807, 2.05) is 0 Å². The van der Waals surface area contributed by atoms with E-state index in [1.54, 1.807) is 11.8 Å². The standard InChI is InChI=1S/C12H15FN2OS/c1-17-12(4-2-5-12)8-15-11(16)9-3-6-14-10(13)7-9/h3,6-7H,2,4-5,8H2,1H3,(H,15,16). The summed E-state index contributed by atoms with van der Waals surface area (Å²) >= 11 is 1.80. The highest BCUT2D eigenvalue weighted by Crippen LogP contribution is 2.42. The number of carbonyl (C=O) groups excluding carboxylic acids is 1. The van der Waals surface area contributed by atoms with E-state index in [4.69, 9.17) is 0 Å². The second-order valence-corrected chi connectivity index (χ2v) is 5.56. The largest absolute Gasteiger partial charge is 0.351 e. The van der Waals surface area contributed by atoms with Crippen LogP contribution in [0.4, 0.5) is 4.39 Å². The monoisotopic (exact) mass is 254 g/mol. The first-order valence-corrected chi connectivity index (χ1v) is 6.83. The molecular weight excluding hydrogens is 239 g/mol. The van der Waals surface area contributed by atoms with Crippen LogP contribution in [-0.4, -0.2) is 28.4 Å². The number of hydrogen-bond acceptors (Lipinski definition) is 3. The van der Waals surface area contributed by atoms with Gasteiger partial charge in [0.2, 0.25) is 5.95 Å². The van der Waals surface area contributed by atoms with Gasteiger partial charge in [0.1, 0.15) is 0 Å². The molecule has 0 atom stereocenters. The molecule has 0 spiro atoms. The van der Waals surface area contributed by atoms with Gasteiger partial charge in [-0.3, -0.25) is 4.79 Å². The van der Waals surface area contributed by atoms with Gasteiger partial charge in [0.05, 0.1) is 0 Å². The Morgan fingerprint density at radius 2 is 2.41 bits per heavy atom. The van der Waals surface area contributed by atoms with E-state index < -0.39 is 5.95 Å². The molecule has 92 valence electrons. The Morgan fingerprint density at radius 3 is 2.94 bits per heavy atom. The molecule has 1 aromatic rings. The van der Waals surface area contributed by atoms with Crippen LogP contribution >= 0.6 is 11.8 Å². The Bertz CT molecular complexity index is 415. The lowest BCUT2D eigenvalue weighted by Gasteiger charge is -2.40. The predicted molar refractivity (Wildman–Crippen MR) is 66.6 cm³/mol. The van der Waals surface area contributed by atoms with Gasteiger partial charge in [-0.15, -0.1) is 0 Å². The smallest absolute Gasteiger partial charge is 0.251 e. The van der Waals surface area contributed by atoms with Crippen molar-refractivity contribution in [2.75, 3.05) is 12.8 Å². The van der Waals surface area contributed by atoms with E-state index in [0.717, 1.165) is 18.9 Å². The Kier molecular flexibility index (Phi) is 3.66. The van der Waals surface area contributed by atoms with Crippen molar-refractivity contribution < 1.29 is 9.18 Å². The molecule has 3 nitrogen and oxygen atoms in total. The highest BCUT2D eigenvalue weighted by molar-refractivity contribution is 8.00. The number of nitrogens with one attached hydrogen (secondary N) is 1. The van der Waals surface area contributed by atoms with Gasteiger partial charge in [-0.25, -0.2) is 4.98 Å². The van der Waals surface area contributed by atoms with Crippen LogP contribution in [0.5, 0.6) is 0 Å². The highest BCUT2D eigenvalue weighted by Gasteiger charge is 2.36. The van der Waals surface area contributed by atoms with Gasteiger partial charge in [0.15, 0.2) is 0 Å². The summed E-state index contributed by atoms with van der Waals surface area (Å²) in [7, 11) is 0. The highest BCUT2D eigenvalue weighted by atomic mass is 32.2. The number of nitrogens with zero attached hydrogens (tertiary/aromatic N) is 1. The Balaban J connectivity index is 1.93. The second-order valence-electron chi connectivity index (χ2n) is 4.29. The van der Waals surface area contributed by atoms with Crippen molar-refractivity contribution in [3.05, 3.63) is 29.8 Å². The number of amides is 1. The fourth-order valence-corrected chi connectivity index (χ4v) is 2.82. The quantitative estimate of drug-likeness (QED) is 0.838. The molecule has 0 unspecified atom stereocenters. The van der Waals surface area contributed by atoms with Crippen LogP contribution < -0.4 is 5.32 Å². The third kappa shape index (κ3) is 2.77. The van der Waals surface area contributed by atoms with Crippen molar-refractivity contribution in [1.29, 1.82) is 0 Å². The third-order valence-corrected chi connectivity index (χ3v) is 4.68. The molecule has 1 fully saturated rings. The number of halogens is 1. The third-order valence-electron chi connectivity index (χ3n) is 3.26. The zero-order chi connectivity index (χ0) is 12.3. The number of rotatable bonds is 4. The number of thioether (sulfide) groups is 1. The van der Waals surface area contributed by atoms with E-state index in [0.29, 0.717) is 12.1 Å². The molecule has 2 rings (SSSR count). The van der Waals surface area contributed by atoms with Crippen LogP contribution in [-0.2, 0) is 0 Å². The van der Waals surface area contributed by atoms with Crippen LogP contribution in [0.15, 0.2) is 18.3 Å². The minimum atomic E-state index is -0.624. The molecular formula is C12H15FN2OS. The maximum absolute atomic E-state index is 12.9. The van der Waals surface area contributed by atoms with Crippen molar-refractivity contribution in [1.82, 2.24) is 10.3 Å². The van der Waals surface area contributed by atoms with E-state index in [1.165, 1.54) is 18.7 Å². The minimum Gasteiger partial charge on any atom is -0.351 e. The summed E-state index contributed by atoms with van der Waals surface area (Å²) in [5.41, 5.74) is 0.327. The topological polar surface area (TPSA) is 42.0 Å². The second kappa shape index (κ2) is 5.04. The number of aromatic nitrogens is 1. The zero-order valence-corrected chi connectivity index (χ0v) is 10.5. The van der Waals surface area contributed by atoms with Crippen molar-refractivity contribution in [2.45, 2.75) is 24.0 Å². The number of pyridine rings is 1. The zero-order valence-electron chi connectivity index (χ0n) is 9.70. The first kappa shape index (κ1) is 12.4. The van der Waals surface area contributed by atoms with Crippen LogP contribution in [0.2, 0.25) is 0 Å². The molecule has 1 amide bonds. The molecule has 1 aliphatic carbocycles. The SMILES string of the molecule is CSC1(CNC(=O)c2ccnc(F)c2)CCC1. The Hall–Kier alpha value is -1.10. The lowest BCUT2D eigenvalue weighted by Crippen LogP contribution is -2.45. The number of hydrogen-bond donors (Lipinski definition) is 1. The first-order chi connectivity index (χ1) is 8.15. The summed E-state index contributed by atoms with van der Waals surface area (Å²) in [6, 6.07) is 2.67. The van der Waals surface area contributed by atoms with E-state index in [-0.39, 0.29) is 10.7 Å². The molecule has 0 bridgehead atoms. The molecule has 0 saturated heterocycles. The van der Waals surface area contributed by atoms with E-state index >= 15 is 0 Å². The van der Waals surface area contributed by atoms with E-state index in [2.05, 4.69) is 16.6 Å². The average molecular weight is 254 g/mol. The molecule has 1 N–H and O–H groups in total. The molecule has 1 saturated carbocycles. The first-order valence-electron chi connectivity index (χ1n) is 5.60. The summed E-state index contributed by atoms with van der Waals surface area (Å²) in [5.74, 6) is -0.854. The molecule has 0 radical (unpaired) electrons. The maximum atomic E-state index is 12.9. The molecule has 1 aliphatic rings. The fourth-order valence-electron chi connectivity index (χ4n) is 1.91. The molecule has 5 heteroatoms. The van der Waals surface area contributed by atoms with Crippen LogP contribution in [0.1, 0.15) is 29.6 Å². The van der Waals surface area contributed by atoms with Crippen LogP contribution in [0.25, 0.3) is 0 Å². The summed E-state index contributed by atoms with van der Waals surface area (Å²) in [5, 5.41) is 2.87. The average Bonchev–Trinajstić information content (AvgIpc) is 2.28. The van der Waals surface area contributed by atoms with Gasteiger partial charge >= 0.3 is 0 Å². The molecule has 1 heterocycles. The van der Waals surface area contributed by atoms with Crippen LogP contribution in [0.3, 0.4) is 0 Å². The van der Waals surface area contributed by atoms with Crippen LogP contribution in [0, 0.1) is 5.95 Å². The maximum Gasteiger partial charge on any atom is 0.251 e. The lowest BCUT2D eigenvalue weighted by molar-refractivity contribution is 0.0943. The van der Waals surface area contributed by atoms with Gasteiger partial charge in [-0.1, -0.05) is 6.42 Å². The molecule has 1 aromatic heterocycles. The minimum absolute atomic E-state index is 0.196. The summed E-state index contributed by atoms with van der Waals surface area (Å²) in [4.78, 5) is 15.2.